The first-order valence-electron chi connectivity index (χ1n) is 7.99. The molecule has 0 atom stereocenters. The minimum Gasteiger partial charge on any atom is -0.493 e. The monoisotopic (exact) mass is 346 g/mol. The number of ether oxygens (including phenoxy) is 2. The number of hydrogen-bond donors (Lipinski definition) is 2. The zero-order valence-corrected chi connectivity index (χ0v) is 14.1. The second-order valence-corrected chi connectivity index (χ2v) is 5.42. The van der Waals surface area contributed by atoms with Crippen molar-refractivity contribution < 1.29 is 19.5 Å². The summed E-state index contributed by atoms with van der Waals surface area (Å²) in [6.45, 7) is 1.25. The third-order valence-electron chi connectivity index (χ3n) is 3.63. The topological polar surface area (TPSA) is 93.9 Å². The van der Waals surface area contributed by atoms with Gasteiger partial charge >= 0.3 is 0 Å². The molecule has 0 unspecified atom stereocenters. The number of hydrogen-bond acceptors (Lipinski definition) is 6. The van der Waals surface area contributed by atoms with Gasteiger partial charge in [0.05, 0.1) is 18.1 Å². The Balaban J connectivity index is 2.18. The van der Waals surface area contributed by atoms with Crippen LogP contribution in [0, 0.1) is 10.1 Å². The molecule has 0 fully saturated rings. The average molecular weight is 346 g/mol. The van der Waals surface area contributed by atoms with Crippen LogP contribution in [0.25, 0.3) is 0 Å². The third-order valence-corrected chi connectivity index (χ3v) is 3.63. The smallest absolute Gasteiger partial charge is 0.277 e. The van der Waals surface area contributed by atoms with Crippen molar-refractivity contribution in [3.05, 3.63) is 63.7 Å². The number of nitro benzene ring substituents is 1. The van der Waals surface area contributed by atoms with Crippen molar-refractivity contribution in [3.63, 3.8) is 0 Å². The number of rotatable bonds is 10. The highest BCUT2D eigenvalue weighted by atomic mass is 16.6. The second-order valence-electron chi connectivity index (χ2n) is 5.42. The predicted octanol–water partition coefficient (Wildman–Crippen LogP) is 2.65. The number of aliphatic hydroxyl groups is 1. The summed E-state index contributed by atoms with van der Waals surface area (Å²) in [5.74, 6) is 0.776. The maximum absolute atomic E-state index is 11.4. The quantitative estimate of drug-likeness (QED) is 0.390. The van der Waals surface area contributed by atoms with Crippen molar-refractivity contribution in [3.8, 4) is 11.5 Å². The van der Waals surface area contributed by atoms with E-state index >= 15 is 0 Å². The van der Waals surface area contributed by atoms with E-state index in [1.807, 2.05) is 30.3 Å². The SMILES string of the molecule is COc1cc(CNCCCO)c([N+](=O)[O-])cc1OCc1ccccc1. The van der Waals surface area contributed by atoms with E-state index in [4.69, 9.17) is 14.6 Å². The van der Waals surface area contributed by atoms with Crippen molar-refractivity contribution in [1.29, 1.82) is 0 Å². The Morgan fingerprint density at radius 1 is 1.20 bits per heavy atom. The van der Waals surface area contributed by atoms with Crippen LogP contribution in [0.3, 0.4) is 0 Å². The van der Waals surface area contributed by atoms with Crippen molar-refractivity contribution in [2.24, 2.45) is 0 Å². The van der Waals surface area contributed by atoms with Gasteiger partial charge in [0.1, 0.15) is 6.61 Å². The fourth-order valence-corrected chi connectivity index (χ4v) is 2.34. The Morgan fingerprint density at radius 2 is 1.96 bits per heavy atom. The van der Waals surface area contributed by atoms with E-state index in [0.717, 1.165) is 5.56 Å². The molecule has 0 aliphatic rings. The Hall–Kier alpha value is -2.64. The summed E-state index contributed by atoms with van der Waals surface area (Å²) in [4.78, 5) is 10.9. The molecule has 0 aliphatic carbocycles. The van der Waals surface area contributed by atoms with Crippen LogP contribution in [-0.4, -0.2) is 30.3 Å². The number of nitrogens with zero attached hydrogens (tertiary/aromatic N) is 1. The van der Waals surface area contributed by atoms with Gasteiger partial charge in [0.2, 0.25) is 0 Å². The molecule has 0 amide bonds. The lowest BCUT2D eigenvalue weighted by atomic mass is 10.1. The maximum atomic E-state index is 11.4. The fraction of sp³-hybridized carbons (Fsp3) is 0.333. The molecule has 2 rings (SSSR count). The van der Waals surface area contributed by atoms with Crippen molar-refractivity contribution in [2.45, 2.75) is 19.6 Å². The van der Waals surface area contributed by atoms with E-state index in [-0.39, 0.29) is 12.3 Å². The lowest BCUT2D eigenvalue weighted by Gasteiger charge is -2.13. The average Bonchev–Trinajstić information content (AvgIpc) is 2.64. The highest BCUT2D eigenvalue weighted by Gasteiger charge is 2.19. The number of benzene rings is 2. The predicted molar refractivity (Wildman–Crippen MR) is 93.8 cm³/mol. The standard InChI is InChI=1S/C18H22N2O5/c1-24-17-10-15(12-19-8-5-9-21)16(20(22)23)11-18(17)25-13-14-6-3-2-4-7-14/h2-4,6-7,10-11,19,21H,5,8-9,12-13H2,1H3. The zero-order chi connectivity index (χ0) is 18.1. The normalized spacial score (nSPS) is 10.5. The summed E-state index contributed by atoms with van der Waals surface area (Å²) in [5.41, 5.74) is 1.44. The Labute approximate surface area is 146 Å². The van der Waals surface area contributed by atoms with Crippen LogP contribution in [0.4, 0.5) is 5.69 Å². The second kappa shape index (κ2) is 9.61. The van der Waals surface area contributed by atoms with Gasteiger partial charge in [0.15, 0.2) is 11.5 Å². The number of aliphatic hydroxyl groups excluding tert-OH is 1. The van der Waals surface area contributed by atoms with Gasteiger partial charge in [-0.1, -0.05) is 30.3 Å². The Bertz CT molecular complexity index is 691. The van der Waals surface area contributed by atoms with Gasteiger partial charge in [0.25, 0.3) is 5.69 Å². The van der Waals surface area contributed by atoms with Crippen molar-refractivity contribution in [1.82, 2.24) is 5.32 Å². The van der Waals surface area contributed by atoms with Crippen LogP contribution in [0.15, 0.2) is 42.5 Å². The van der Waals surface area contributed by atoms with Crippen molar-refractivity contribution >= 4 is 5.69 Å². The van der Waals surface area contributed by atoms with Crippen LogP contribution >= 0.6 is 0 Å². The van der Waals surface area contributed by atoms with Gasteiger partial charge in [-0.2, -0.15) is 0 Å². The summed E-state index contributed by atoms with van der Waals surface area (Å²) >= 11 is 0. The van der Waals surface area contributed by atoms with Gasteiger partial charge in [-0.3, -0.25) is 10.1 Å². The summed E-state index contributed by atoms with van der Waals surface area (Å²) < 4.78 is 11.0. The first kappa shape index (κ1) is 18.7. The van der Waals surface area contributed by atoms with E-state index in [2.05, 4.69) is 5.32 Å². The van der Waals surface area contributed by atoms with Crippen LogP contribution in [-0.2, 0) is 13.2 Å². The largest absolute Gasteiger partial charge is 0.493 e. The van der Waals surface area contributed by atoms with E-state index in [1.165, 1.54) is 13.2 Å². The molecule has 0 spiro atoms. The molecule has 134 valence electrons. The Morgan fingerprint density at radius 3 is 2.60 bits per heavy atom. The van der Waals surface area contributed by atoms with Gasteiger partial charge in [-0.25, -0.2) is 0 Å². The summed E-state index contributed by atoms with van der Waals surface area (Å²) in [6, 6.07) is 12.6. The van der Waals surface area contributed by atoms with Gasteiger partial charge in [-0.15, -0.1) is 0 Å². The van der Waals surface area contributed by atoms with Crippen molar-refractivity contribution in [2.75, 3.05) is 20.3 Å². The molecule has 7 heteroatoms. The van der Waals surface area contributed by atoms with Crippen LogP contribution in [0.5, 0.6) is 11.5 Å². The fourth-order valence-electron chi connectivity index (χ4n) is 2.34. The Kier molecular flexibility index (Phi) is 7.18. The lowest BCUT2D eigenvalue weighted by molar-refractivity contribution is -0.385. The summed E-state index contributed by atoms with van der Waals surface area (Å²) in [7, 11) is 1.50. The minimum absolute atomic E-state index is 0.0274. The van der Waals surface area contributed by atoms with E-state index in [0.29, 0.717) is 43.2 Å². The first-order valence-corrected chi connectivity index (χ1v) is 7.99. The molecule has 0 aromatic heterocycles. The lowest BCUT2D eigenvalue weighted by Crippen LogP contribution is -2.16. The van der Waals surface area contributed by atoms with Crippen LogP contribution in [0.1, 0.15) is 17.5 Å². The van der Waals surface area contributed by atoms with Gasteiger partial charge < -0.3 is 19.9 Å². The van der Waals surface area contributed by atoms with Crippen LogP contribution < -0.4 is 14.8 Å². The highest BCUT2D eigenvalue weighted by molar-refractivity contribution is 5.54. The molecule has 7 nitrogen and oxygen atoms in total. The van der Waals surface area contributed by atoms with E-state index in [9.17, 15) is 10.1 Å². The summed E-state index contributed by atoms with van der Waals surface area (Å²) in [6.07, 6.45) is 0.587. The highest BCUT2D eigenvalue weighted by Crippen LogP contribution is 2.35. The minimum atomic E-state index is -0.433. The number of nitrogens with one attached hydrogen (secondary N) is 1. The molecule has 0 aliphatic heterocycles. The maximum Gasteiger partial charge on any atom is 0.277 e. The number of nitro groups is 1. The van der Waals surface area contributed by atoms with Gasteiger partial charge in [-0.05, 0) is 24.6 Å². The molecule has 2 aromatic carbocycles. The molecular formula is C18H22N2O5. The van der Waals surface area contributed by atoms with Crippen LogP contribution in [0.2, 0.25) is 0 Å². The molecule has 25 heavy (non-hydrogen) atoms. The molecule has 2 N–H and O–H groups in total. The third kappa shape index (κ3) is 5.44. The molecular weight excluding hydrogens is 324 g/mol. The molecule has 0 heterocycles. The van der Waals surface area contributed by atoms with Gasteiger partial charge in [0, 0.05) is 18.7 Å². The zero-order valence-electron chi connectivity index (χ0n) is 14.1. The van der Waals surface area contributed by atoms with E-state index in [1.54, 1.807) is 6.07 Å². The molecule has 0 saturated heterocycles. The van der Waals surface area contributed by atoms with E-state index < -0.39 is 4.92 Å². The molecule has 0 saturated carbocycles. The molecule has 2 aromatic rings. The molecule has 0 bridgehead atoms. The summed E-state index contributed by atoms with van der Waals surface area (Å²) in [5, 5.41) is 23.2. The first-order chi connectivity index (χ1) is 12.2. The molecule has 0 radical (unpaired) electrons. The number of methoxy groups -OCH3 is 1.